The maximum atomic E-state index is 10.8. The summed E-state index contributed by atoms with van der Waals surface area (Å²) >= 11 is 0. The molecule has 0 unspecified atom stereocenters. The van der Waals surface area contributed by atoms with E-state index in [-0.39, 0.29) is 5.75 Å². The van der Waals surface area contributed by atoms with Crippen molar-refractivity contribution in [3.8, 4) is 0 Å². The van der Waals surface area contributed by atoms with E-state index in [4.69, 9.17) is 0 Å². The van der Waals surface area contributed by atoms with Crippen LogP contribution >= 0.6 is 0 Å². The first kappa shape index (κ1) is 10.9. The lowest BCUT2D eigenvalue weighted by Crippen LogP contribution is -2.22. The van der Waals surface area contributed by atoms with Crippen LogP contribution in [0.15, 0.2) is 0 Å². The topological polar surface area (TPSA) is 55.4 Å². The molecule has 11 heavy (non-hydrogen) atoms. The highest BCUT2D eigenvalue weighted by atomic mass is 32.2. The van der Waals surface area contributed by atoms with E-state index in [2.05, 4.69) is 9.76 Å². The van der Waals surface area contributed by atoms with Gasteiger partial charge in [-0.25, -0.2) is 0 Å². The van der Waals surface area contributed by atoms with Crippen LogP contribution in [-0.2, 0) is 14.4 Å². The second-order valence-electron chi connectivity index (χ2n) is 2.24. The smallest absolute Gasteiger partial charge is 0.198 e. The van der Waals surface area contributed by atoms with Gasteiger partial charge >= 0.3 is 0 Å². The number of hydrogen-bond donors (Lipinski definition) is 1. The zero-order valence-corrected chi connectivity index (χ0v) is 7.78. The van der Waals surface area contributed by atoms with Crippen LogP contribution in [0.2, 0.25) is 0 Å². The van der Waals surface area contributed by atoms with Crippen LogP contribution in [0.25, 0.3) is 0 Å². The summed E-state index contributed by atoms with van der Waals surface area (Å²) in [5.74, 6) is 0.0731. The summed E-state index contributed by atoms with van der Waals surface area (Å²) in [5, 5.41) is 0. The van der Waals surface area contributed by atoms with Gasteiger partial charge in [0.2, 0.25) is 0 Å². The highest BCUT2D eigenvalue weighted by molar-refractivity contribution is 7.86. The molecule has 5 heteroatoms. The molecule has 0 rings (SSSR count). The third kappa shape index (κ3) is 6.28. The molecule has 0 heterocycles. The summed E-state index contributed by atoms with van der Waals surface area (Å²) in [4.78, 5) is 0. The molecule has 0 spiro atoms. The molecule has 0 saturated heterocycles. The average Bonchev–Trinajstić information content (AvgIpc) is 1.87. The molecule has 0 radical (unpaired) electrons. The van der Waals surface area contributed by atoms with Gasteiger partial charge in [-0.3, -0.25) is 0 Å². The van der Waals surface area contributed by atoms with Crippen LogP contribution in [-0.4, -0.2) is 20.7 Å². The van der Waals surface area contributed by atoms with E-state index in [1.807, 2.05) is 6.92 Å². The minimum Gasteiger partial charge on any atom is -0.198 e. The summed E-state index contributed by atoms with van der Waals surface area (Å²) in [6, 6.07) is 0. The van der Waals surface area contributed by atoms with Crippen molar-refractivity contribution in [3.05, 3.63) is 0 Å². The molecule has 1 N–H and O–H groups in total. The SMILES string of the molecule is CCCNOS(=O)(=O)CCC. The lowest BCUT2D eigenvalue weighted by Gasteiger charge is -2.02. The van der Waals surface area contributed by atoms with Gasteiger partial charge in [-0.2, -0.15) is 18.2 Å². The van der Waals surface area contributed by atoms with Gasteiger partial charge in [0.1, 0.15) is 0 Å². The molecule has 0 aromatic rings. The quantitative estimate of drug-likeness (QED) is 0.483. The van der Waals surface area contributed by atoms with E-state index >= 15 is 0 Å². The Morgan fingerprint density at radius 3 is 2.36 bits per heavy atom. The van der Waals surface area contributed by atoms with Crippen molar-refractivity contribution in [2.75, 3.05) is 12.3 Å². The fourth-order valence-corrected chi connectivity index (χ4v) is 1.37. The lowest BCUT2D eigenvalue weighted by atomic mass is 10.5. The molecule has 0 atom stereocenters. The van der Waals surface area contributed by atoms with E-state index < -0.39 is 10.1 Å². The van der Waals surface area contributed by atoms with Crippen molar-refractivity contribution >= 4 is 10.1 Å². The Kier molecular flexibility index (Phi) is 5.45. The average molecular weight is 181 g/mol. The zero-order chi connectivity index (χ0) is 8.74. The third-order valence-corrected chi connectivity index (χ3v) is 2.27. The predicted octanol–water partition coefficient (Wildman–Crippen LogP) is 0.657. The summed E-state index contributed by atoms with van der Waals surface area (Å²) < 4.78 is 26.1. The number of rotatable bonds is 6. The Balaban J connectivity index is 3.56. The van der Waals surface area contributed by atoms with Crippen LogP contribution in [0.5, 0.6) is 0 Å². The van der Waals surface area contributed by atoms with Gasteiger partial charge in [0.25, 0.3) is 10.1 Å². The van der Waals surface area contributed by atoms with Crippen molar-refractivity contribution in [1.29, 1.82) is 0 Å². The highest BCUT2D eigenvalue weighted by Crippen LogP contribution is 1.92. The third-order valence-electron chi connectivity index (χ3n) is 0.992. The molecule has 68 valence electrons. The Bertz CT molecular complexity index is 176. The Morgan fingerprint density at radius 2 is 1.91 bits per heavy atom. The fraction of sp³-hybridized carbons (Fsp3) is 1.00. The summed E-state index contributed by atoms with van der Waals surface area (Å²) in [6.45, 7) is 4.28. The van der Waals surface area contributed by atoms with Crippen LogP contribution in [0.4, 0.5) is 0 Å². The first-order chi connectivity index (χ1) is 5.12. The lowest BCUT2D eigenvalue weighted by molar-refractivity contribution is 0.204. The second-order valence-corrected chi connectivity index (χ2v) is 3.93. The molecular weight excluding hydrogens is 166 g/mol. The van der Waals surface area contributed by atoms with Crippen molar-refractivity contribution in [1.82, 2.24) is 5.48 Å². The van der Waals surface area contributed by atoms with Crippen molar-refractivity contribution in [3.63, 3.8) is 0 Å². The number of hydrogen-bond acceptors (Lipinski definition) is 4. The molecule has 0 aliphatic carbocycles. The van der Waals surface area contributed by atoms with Gasteiger partial charge in [0, 0.05) is 6.54 Å². The molecule has 0 aliphatic heterocycles. The first-order valence-corrected chi connectivity index (χ1v) is 5.34. The van der Waals surface area contributed by atoms with Gasteiger partial charge in [0.15, 0.2) is 0 Å². The van der Waals surface area contributed by atoms with E-state index in [9.17, 15) is 8.42 Å². The summed E-state index contributed by atoms with van der Waals surface area (Å²) in [6.07, 6.45) is 1.43. The molecule has 0 aliphatic rings. The second kappa shape index (κ2) is 5.51. The van der Waals surface area contributed by atoms with E-state index in [1.54, 1.807) is 6.92 Å². The standard InChI is InChI=1S/C6H15NO3S/c1-3-5-7-10-11(8,9)6-4-2/h7H,3-6H2,1-2H3. The van der Waals surface area contributed by atoms with Crippen molar-refractivity contribution in [2.45, 2.75) is 26.7 Å². The minimum atomic E-state index is -3.31. The van der Waals surface area contributed by atoms with Crippen molar-refractivity contribution in [2.24, 2.45) is 0 Å². The van der Waals surface area contributed by atoms with Crippen LogP contribution in [0, 0.1) is 0 Å². The van der Waals surface area contributed by atoms with E-state index in [0.717, 1.165) is 6.42 Å². The van der Waals surface area contributed by atoms with E-state index in [0.29, 0.717) is 13.0 Å². The summed E-state index contributed by atoms with van der Waals surface area (Å²) in [5.41, 5.74) is 2.37. The molecular formula is C6H15NO3S. The van der Waals surface area contributed by atoms with Crippen LogP contribution < -0.4 is 5.48 Å². The van der Waals surface area contributed by atoms with Gasteiger partial charge in [-0.1, -0.05) is 13.8 Å². The van der Waals surface area contributed by atoms with Crippen LogP contribution in [0.1, 0.15) is 26.7 Å². The molecule has 4 nitrogen and oxygen atoms in total. The normalized spacial score (nSPS) is 11.8. The van der Waals surface area contributed by atoms with Gasteiger partial charge < -0.3 is 0 Å². The summed E-state index contributed by atoms with van der Waals surface area (Å²) in [7, 11) is -3.31. The number of nitrogens with one attached hydrogen (secondary N) is 1. The fourth-order valence-electron chi connectivity index (χ4n) is 0.525. The van der Waals surface area contributed by atoms with Crippen molar-refractivity contribution < 1.29 is 12.7 Å². The number of hydroxylamine groups is 1. The first-order valence-electron chi connectivity index (χ1n) is 3.76. The van der Waals surface area contributed by atoms with Crippen LogP contribution in [0.3, 0.4) is 0 Å². The van der Waals surface area contributed by atoms with Gasteiger partial charge in [-0.05, 0) is 12.8 Å². The Labute approximate surface area is 68.0 Å². The molecule has 0 fully saturated rings. The molecule has 0 amide bonds. The monoisotopic (exact) mass is 181 g/mol. The van der Waals surface area contributed by atoms with Gasteiger partial charge in [-0.15, -0.1) is 0 Å². The molecule has 0 aromatic carbocycles. The maximum Gasteiger partial charge on any atom is 0.283 e. The Hall–Kier alpha value is -0.130. The molecule has 0 bridgehead atoms. The molecule has 0 aromatic heterocycles. The Morgan fingerprint density at radius 1 is 1.27 bits per heavy atom. The molecule has 0 saturated carbocycles. The maximum absolute atomic E-state index is 10.8. The minimum absolute atomic E-state index is 0.0731. The largest absolute Gasteiger partial charge is 0.283 e. The van der Waals surface area contributed by atoms with E-state index in [1.165, 1.54) is 0 Å². The highest BCUT2D eigenvalue weighted by Gasteiger charge is 2.07. The predicted molar refractivity (Wildman–Crippen MR) is 43.5 cm³/mol. The van der Waals surface area contributed by atoms with Gasteiger partial charge in [0.05, 0.1) is 5.75 Å². The zero-order valence-electron chi connectivity index (χ0n) is 6.96.